The van der Waals surface area contributed by atoms with E-state index in [1.54, 1.807) is 6.08 Å². The summed E-state index contributed by atoms with van der Waals surface area (Å²) in [4.78, 5) is 21.6. The van der Waals surface area contributed by atoms with E-state index in [0.29, 0.717) is 28.8 Å². The Hall–Kier alpha value is -5.86. The summed E-state index contributed by atoms with van der Waals surface area (Å²) in [6, 6.07) is 33.6. The van der Waals surface area contributed by atoms with E-state index >= 15 is 0 Å². The Labute approximate surface area is 330 Å². The first kappa shape index (κ1) is 37.5. The largest absolute Gasteiger partial charge is 0.468 e. The summed E-state index contributed by atoms with van der Waals surface area (Å²) in [5.41, 5.74) is 9.72. The summed E-state index contributed by atoms with van der Waals surface area (Å²) >= 11 is 13.0. The number of rotatable bonds is 10. The summed E-state index contributed by atoms with van der Waals surface area (Å²) in [5.74, 6) is 0.512. The van der Waals surface area contributed by atoms with Crippen LogP contribution in [0.25, 0.3) is 55.4 Å². The first-order valence-electron chi connectivity index (χ1n) is 17.9. The van der Waals surface area contributed by atoms with Crippen molar-refractivity contribution in [2.75, 3.05) is 0 Å². The maximum atomic E-state index is 10.5. The van der Waals surface area contributed by atoms with Crippen LogP contribution in [0.2, 0.25) is 10.0 Å². The van der Waals surface area contributed by atoms with Gasteiger partial charge in [0.15, 0.2) is 0 Å². The van der Waals surface area contributed by atoms with Gasteiger partial charge in [0.1, 0.15) is 18.1 Å². The minimum atomic E-state index is -0.656. The van der Waals surface area contributed by atoms with E-state index in [-0.39, 0.29) is 6.10 Å². The number of nitrogens with zero attached hydrogens (tertiary/aromatic N) is 4. The number of hydrogen-bond donors (Lipinski definition) is 2. The van der Waals surface area contributed by atoms with Crippen LogP contribution in [0.15, 0.2) is 141 Å². The number of aliphatic hydroxyl groups excluding tert-OH is 1. The molecule has 0 aliphatic rings. The Kier molecular flexibility index (Phi) is 11.3. The van der Waals surface area contributed by atoms with E-state index in [0.717, 1.165) is 77.6 Å². The number of benzene rings is 4. The molecule has 2 N–H and O–H groups in total. The van der Waals surface area contributed by atoms with Crippen LogP contribution in [0.5, 0.6) is 5.88 Å². The highest BCUT2D eigenvalue weighted by Crippen LogP contribution is 2.39. The van der Waals surface area contributed by atoms with Crippen LogP contribution in [0.3, 0.4) is 0 Å². The van der Waals surface area contributed by atoms with Gasteiger partial charge in [-0.25, -0.2) is 19.9 Å². The molecule has 0 aliphatic carbocycles. The average Bonchev–Trinajstić information content (AvgIpc) is 3.68. The molecule has 0 spiro atoms. The molecule has 9 heteroatoms. The number of ether oxygens (including phenoxy) is 1. The number of hydrogen-bond acceptors (Lipinski definition) is 6. The van der Waals surface area contributed by atoms with Crippen LogP contribution in [-0.2, 0) is 0 Å². The van der Waals surface area contributed by atoms with Crippen molar-refractivity contribution in [3.8, 4) is 28.4 Å². The van der Waals surface area contributed by atoms with Crippen LogP contribution in [0, 0.1) is 13.8 Å². The number of aromatic amines is 1. The Morgan fingerprint density at radius 1 is 0.709 bits per heavy atom. The third-order valence-corrected chi connectivity index (χ3v) is 10.1. The van der Waals surface area contributed by atoms with Crippen molar-refractivity contribution in [3.63, 3.8) is 0 Å². The van der Waals surface area contributed by atoms with E-state index in [9.17, 15) is 5.11 Å². The fourth-order valence-electron chi connectivity index (χ4n) is 6.72. The smallest absolute Gasteiger partial charge is 0.226 e. The predicted molar refractivity (Wildman–Crippen MR) is 226 cm³/mol. The minimum absolute atomic E-state index is 0.357. The van der Waals surface area contributed by atoms with E-state index in [2.05, 4.69) is 53.2 Å². The minimum Gasteiger partial charge on any atom is -0.468 e. The molecule has 0 radical (unpaired) electrons. The number of aryl methyl sites for hydroxylation is 2. The lowest BCUT2D eigenvalue weighted by molar-refractivity contribution is 0.182. The van der Waals surface area contributed by atoms with Crippen LogP contribution in [0.4, 0.5) is 0 Å². The summed E-state index contributed by atoms with van der Waals surface area (Å²) < 4.78 is 6.47. The molecular formula is C46H39Cl2N5O2. The molecule has 55 heavy (non-hydrogen) atoms. The first-order chi connectivity index (χ1) is 26.8. The summed E-state index contributed by atoms with van der Waals surface area (Å²) in [5, 5.41) is 14.7. The molecule has 0 fully saturated rings. The number of halogens is 2. The highest BCUT2D eigenvalue weighted by molar-refractivity contribution is 6.33. The molecule has 4 aromatic heterocycles. The summed E-state index contributed by atoms with van der Waals surface area (Å²) in [7, 11) is 0. The van der Waals surface area contributed by atoms with Gasteiger partial charge in [0.05, 0.1) is 33.9 Å². The second-order valence-corrected chi connectivity index (χ2v) is 14.0. The molecule has 0 amide bonds. The van der Waals surface area contributed by atoms with Gasteiger partial charge in [-0.15, -0.1) is 13.2 Å². The zero-order valence-electron chi connectivity index (χ0n) is 30.5. The van der Waals surface area contributed by atoms with Crippen molar-refractivity contribution in [1.82, 2.24) is 24.9 Å². The number of H-pyrrole nitrogens is 1. The van der Waals surface area contributed by atoms with Gasteiger partial charge in [-0.1, -0.05) is 108 Å². The van der Waals surface area contributed by atoms with Gasteiger partial charge in [0, 0.05) is 55.7 Å². The van der Waals surface area contributed by atoms with E-state index in [1.807, 2.05) is 104 Å². The van der Waals surface area contributed by atoms with Gasteiger partial charge in [-0.05, 0) is 61.7 Å². The highest BCUT2D eigenvalue weighted by atomic mass is 35.5. The molecule has 0 saturated carbocycles. The molecular weight excluding hydrogens is 725 g/mol. The molecule has 274 valence electrons. The lowest BCUT2D eigenvalue weighted by atomic mass is 9.96. The molecule has 2 atom stereocenters. The number of nitrogens with one attached hydrogen (secondary N) is 1. The molecule has 0 bridgehead atoms. The standard InChI is InChI=1S/C26H21ClN4O.C20H18ClNO/c1-3-7-22(32-26-19-12-13-28-25(19)29-15-30-26)20-14-17-9-6-8-16(2)23(17)31-24(20)18-10-4-5-11-21(18)27;1-3-7-18(23)16-12-14-9-6-8-13(2)19(14)22-20(16)15-10-4-5-11-17(15)21/h3-6,8-15,22H,1,7H2,2H3,(H,28,29,30);3-6,8-12,18,23H,1,7H2,2H3. The third-order valence-electron chi connectivity index (χ3n) is 9.46. The van der Waals surface area contributed by atoms with Crippen molar-refractivity contribution >= 4 is 56.0 Å². The van der Waals surface area contributed by atoms with Crippen LogP contribution < -0.4 is 4.74 Å². The van der Waals surface area contributed by atoms with Crippen LogP contribution in [0.1, 0.15) is 47.3 Å². The zero-order valence-corrected chi connectivity index (χ0v) is 32.0. The lowest BCUT2D eigenvalue weighted by Gasteiger charge is -2.22. The highest BCUT2D eigenvalue weighted by Gasteiger charge is 2.23. The number of para-hydroxylation sites is 2. The number of fused-ring (bicyclic) bond motifs is 3. The first-order valence-corrected chi connectivity index (χ1v) is 18.7. The Morgan fingerprint density at radius 2 is 1.27 bits per heavy atom. The monoisotopic (exact) mass is 763 g/mol. The topological polar surface area (TPSA) is 96.8 Å². The van der Waals surface area contributed by atoms with E-state index < -0.39 is 6.10 Å². The van der Waals surface area contributed by atoms with Gasteiger partial charge < -0.3 is 14.8 Å². The van der Waals surface area contributed by atoms with Crippen molar-refractivity contribution in [2.45, 2.75) is 38.9 Å². The van der Waals surface area contributed by atoms with E-state index in [1.165, 1.54) is 6.33 Å². The quantitative estimate of drug-likeness (QED) is 0.135. The zero-order chi connectivity index (χ0) is 38.5. The van der Waals surface area contributed by atoms with Gasteiger partial charge in [-0.3, -0.25) is 0 Å². The summed E-state index contributed by atoms with van der Waals surface area (Å²) in [6.07, 6.45) is 6.90. The number of aromatic nitrogens is 5. The number of pyridine rings is 2. The second kappa shape index (κ2) is 16.7. The molecule has 8 rings (SSSR count). The van der Waals surface area contributed by atoms with Crippen molar-refractivity contribution in [2.24, 2.45) is 0 Å². The fourth-order valence-corrected chi connectivity index (χ4v) is 7.17. The van der Waals surface area contributed by atoms with Gasteiger partial charge >= 0.3 is 0 Å². The Balaban J connectivity index is 0.000000179. The second-order valence-electron chi connectivity index (χ2n) is 13.2. The van der Waals surface area contributed by atoms with Crippen LogP contribution >= 0.6 is 23.2 Å². The lowest BCUT2D eigenvalue weighted by Crippen LogP contribution is -2.11. The fraction of sp³-hybridized carbons (Fsp3) is 0.130. The van der Waals surface area contributed by atoms with Crippen LogP contribution in [-0.4, -0.2) is 30.0 Å². The normalized spacial score (nSPS) is 12.2. The third kappa shape index (κ3) is 7.87. The van der Waals surface area contributed by atoms with Crippen molar-refractivity contribution < 1.29 is 9.84 Å². The molecule has 0 saturated heterocycles. The van der Waals surface area contributed by atoms with Gasteiger partial charge in [0.25, 0.3) is 0 Å². The maximum absolute atomic E-state index is 10.5. The average molecular weight is 765 g/mol. The van der Waals surface area contributed by atoms with Crippen molar-refractivity contribution in [3.05, 3.63) is 173 Å². The Bertz CT molecular complexity index is 2670. The molecule has 2 unspecified atom stereocenters. The molecule has 0 aliphatic heterocycles. The summed E-state index contributed by atoms with van der Waals surface area (Å²) in [6.45, 7) is 11.8. The molecule has 4 aromatic carbocycles. The van der Waals surface area contributed by atoms with Gasteiger partial charge in [0.2, 0.25) is 5.88 Å². The van der Waals surface area contributed by atoms with Crippen molar-refractivity contribution in [1.29, 1.82) is 0 Å². The number of aliphatic hydroxyl groups is 1. The molecule has 7 nitrogen and oxygen atoms in total. The SMILES string of the molecule is C=CCC(O)c1cc2cccc(C)c2nc1-c1ccccc1Cl.C=CCC(Oc1ncnc2[nH]ccc12)c1cc2cccc(C)c2nc1-c1ccccc1Cl. The van der Waals surface area contributed by atoms with E-state index in [4.69, 9.17) is 37.9 Å². The molecule has 4 heterocycles. The molecule has 8 aromatic rings. The maximum Gasteiger partial charge on any atom is 0.226 e. The predicted octanol–water partition coefficient (Wildman–Crippen LogP) is 12.3. The Morgan fingerprint density at radius 3 is 1.85 bits per heavy atom. The van der Waals surface area contributed by atoms with Gasteiger partial charge in [-0.2, -0.15) is 0 Å².